The van der Waals surface area contributed by atoms with Gasteiger partial charge in [0, 0.05) is 13.4 Å². The van der Waals surface area contributed by atoms with Gasteiger partial charge in [-0.2, -0.15) is 0 Å². The molecule has 0 aromatic heterocycles. The van der Waals surface area contributed by atoms with Gasteiger partial charge in [-0.05, 0) is 168 Å². The number of halogens is 3. The van der Waals surface area contributed by atoms with E-state index < -0.39 is 0 Å². The van der Waals surface area contributed by atoms with Crippen molar-refractivity contribution in [2.24, 2.45) is 0 Å². The van der Waals surface area contributed by atoms with Crippen molar-refractivity contribution in [3.8, 4) is 33.4 Å². The molecule has 2 nitrogen and oxygen atoms in total. The van der Waals surface area contributed by atoms with Crippen molar-refractivity contribution in [2.45, 2.75) is 38.9 Å². The summed E-state index contributed by atoms with van der Waals surface area (Å²) in [6.45, 7) is 8.42. The van der Waals surface area contributed by atoms with E-state index in [0.717, 1.165) is 18.9 Å². The standard InChI is InChI=1S/C28H25BO2.C28H17Br.C6H4Br2/c1-27(2)28(3,4)31-29(30-27)24-17-13-20-11-15-22-21(18-8-6-5-7-9-18)14-10-19-12-16-23(24)26(20)25(19)22;29-22-12-6-19(7-13-22)24-15-9-21-10-16-25-23(18-4-2-1-3-5-18)14-8-20-11-17-26(24)28(21)27(20)25;7-5-1-2-6(8)4-3-5/h5-17H,1-4H3;1-17H;1-4H. The van der Waals surface area contributed by atoms with Crippen molar-refractivity contribution in [1.29, 1.82) is 0 Å². The first-order chi connectivity index (χ1) is 32.9. The Labute approximate surface area is 423 Å². The third kappa shape index (κ3) is 8.10. The second-order valence-corrected chi connectivity index (χ2v) is 21.3. The van der Waals surface area contributed by atoms with Crippen LogP contribution in [0, 0.1) is 0 Å². The molecule has 1 fully saturated rings. The van der Waals surface area contributed by atoms with Gasteiger partial charge in [0.1, 0.15) is 0 Å². The zero-order valence-corrected chi connectivity index (χ0v) is 42.9. The van der Waals surface area contributed by atoms with Crippen LogP contribution < -0.4 is 5.46 Å². The van der Waals surface area contributed by atoms with Crippen molar-refractivity contribution >= 4 is 125 Å². The highest BCUT2D eigenvalue weighted by Gasteiger charge is 2.52. The highest BCUT2D eigenvalue weighted by Crippen LogP contribution is 2.44. The molecule has 0 bridgehead atoms. The zero-order valence-electron chi connectivity index (χ0n) is 38.2. The first kappa shape index (κ1) is 44.6. The molecule has 0 saturated carbocycles. The van der Waals surface area contributed by atoms with Crippen LogP contribution in [0.2, 0.25) is 0 Å². The molecule has 0 N–H and O–H groups in total. The summed E-state index contributed by atoms with van der Waals surface area (Å²) in [6, 6.07) is 73.8. The molecule has 12 aromatic rings. The van der Waals surface area contributed by atoms with Crippen LogP contribution in [0.5, 0.6) is 0 Å². The second-order valence-electron chi connectivity index (χ2n) is 18.6. The topological polar surface area (TPSA) is 18.5 Å². The van der Waals surface area contributed by atoms with Crippen LogP contribution >= 0.6 is 47.8 Å². The molecular formula is C62H46BBr3O2. The van der Waals surface area contributed by atoms with E-state index in [-0.39, 0.29) is 18.3 Å². The molecule has 0 unspecified atom stereocenters. The minimum Gasteiger partial charge on any atom is -0.399 e. The van der Waals surface area contributed by atoms with E-state index in [9.17, 15) is 0 Å². The molecule has 1 aliphatic rings. The molecule has 330 valence electrons. The molecule has 68 heavy (non-hydrogen) atoms. The van der Waals surface area contributed by atoms with Gasteiger partial charge in [-0.15, -0.1) is 0 Å². The van der Waals surface area contributed by atoms with Crippen LogP contribution in [-0.4, -0.2) is 18.3 Å². The predicted octanol–water partition coefficient (Wildman–Crippen LogP) is 18.4. The minimum atomic E-state index is -0.372. The Hall–Kier alpha value is -5.86. The highest BCUT2D eigenvalue weighted by molar-refractivity contribution is 9.11. The lowest BCUT2D eigenvalue weighted by Gasteiger charge is -2.32. The third-order valence-electron chi connectivity index (χ3n) is 14.0. The molecule has 0 aliphatic carbocycles. The number of benzene rings is 12. The van der Waals surface area contributed by atoms with E-state index in [2.05, 4.69) is 257 Å². The largest absolute Gasteiger partial charge is 0.495 e. The summed E-state index contributed by atoms with van der Waals surface area (Å²) in [5, 5.41) is 15.6. The van der Waals surface area contributed by atoms with Crippen molar-refractivity contribution in [3.63, 3.8) is 0 Å². The van der Waals surface area contributed by atoms with Crippen LogP contribution in [0.3, 0.4) is 0 Å². The smallest absolute Gasteiger partial charge is 0.399 e. The summed E-state index contributed by atoms with van der Waals surface area (Å²) in [6.07, 6.45) is 0. The van der Waals surface area contributed by atoms with E-state index >= 15 is 0 Å². The molecule has 0 amide bonds. The SMILES string of the molecule is Brc1ccc(-c2ccc3ccc4c(-c5ccccc5)ccc5ccc2c3c54)cc1.Brc1ccc(Br)cc1.CC1(C)OB(c2ccc3ccc4c(-c5ccccc5)ccc5ccc2c3c54)OC1(C)C. The van der Waals surface area contributed by atoms with Crippen LogP contribution in [-0.2, 0) is 9.31 Å². The van der Waals surface area contributed by atoms with Crippen molar-refractivity contribution in [2.75, 3.05) is 0 Å². The number of hydrogen-bond acceptors (Lipinski definition) is 2. The average Bonchev–Trinajstić information content (AvgIpc) is 3.59. The van der Waals surface area contributed by atoms with Crippen LogP contribution in [0.15, 0.2) is 220 Å². The maximum absolute atomic E-state index is 6.41. The van der Waals surface area contributed by atoms with E-state index in [0.29, 0.717) is 0 Å². The first-order valence-corrected chi connectivity index (χ1v) is 25.4. The van der Waals surface area contributed by atoms with Crippen molar-refractivity contribution in [3.05, 3.63) is 220 Å². The van der Waals surface area contributed by atoms with Crippen LogP contribution in [0.4, 0.5) is 0 Å². The second kappa shape index (κ2) is 17.9. The monoisotopic (exact) mass is 1070 g/mol. The molecule has 6 heteroatoms. The Morgan fingerprint density at radius 3 is 0.985 bits per heavy atom. The third-order valence-corrected chi connectivity index (χ3v) is 15.6. The van der Waals surface area contributed by atoms with Crippen molar-refractivity contribution in [1.82, 2.24) is 0 Å². The highest BCUT2D eigenvalue weighted by atomic mass is 79.9. The Morgan fingerprint density at radius 1 is 0.309 bits per heavy atom. The summed E-state index contributed by atoms with van der Waals surface area (Å²) in [5.74, 6) is 0. The molecule has 1 aliphatic heterocycles. The van der Waals surface area contributed by atoms with Gasteiger partial charge in [0.25, 0.3) is 0 Å². The van der Waals surface area contributed by atoms with Gasteiger partial charge in [0.05, 0.1) is 11.2 Å². The van der Waals surface area contributed by atoms with Gasteiger partial charge in [-0.1, -0.05) is 218 Å². The maximum Gasteiger partial charge on any atom is 0.495 e. The van der Waals surface area contributed by atoms with Gasteiger partial charge >= 0.3 is 7.12 Å². The van der Waals surface area contributed by atoms with E-state index in [1.807, 2.05) is 24.3 Å². The molecule has 1 saturated heterocycles. The molecular weight excluding hydrogens is 1030 g/mol. The van der Waals surface area contributed by atoms with Gasteiger partial charge in [0.15, 0.2) is 0 Å². The first-order valence-electron chi connectivity index (χ1n) is 23.0. The van der Waals surface area contributed by atoms with Crippen LogP contribution in [0.25, 0.3) is 98.0 Å². The normalized spacial score (nSPS) is 14.2. The summed E-state index contributed by atoms with van der Waals surface area (Å²) in [4.78, 5) is 0. The summed E-state index contributed by atoms with van der Waals surface area (Å²) < 4.78 is 16.1. The lowest BCUT2D eigenvalue weighted by Crippen LogP contribution is -2.41. The maximum atomic E-state index is 6.41. The summed E-state index contributed by atoms with van der Waals surface area (Å²) in [5.41, 5.74) is 7.98. The summed E-state index contributed by atoms with van der Waals surface area (Å²) in [7, 11) is -0.372. The Morgan fingerprint density at radius 2 is 0.603 bits per heavy atom. The minimum absolute atomic E-state index is 0.359. The van der Waals surface area contributed by atoms with Gasteiger partial charge in [-0.3, -0.25) is 0 Å². The molecule has 0 atom stereocenters. The lowest BCUT2D eigenvalue weighted by atomic mass is 9.74. The average molecular weight is 1070 g/mol. The summed E-state index contributed by atoms with van der Waals surface area (Å²) >= 11 is 10.2. The fourth-order valence-corrected chi connectivity index (χ4v) is 10.6. The quantitative estimate of drug-likeness (QED) is 0.129. The fourth-order valence-electron chi connectivity index (χ4n) is 9.85. The fraction of sp³-hybridized carbons (Fsp3) is 0.0968. The number of rotatable bonds is 4. The molecule has 0 radical (unpaired) electrons. The molecule has 0 spiro atoms. The Bertz CT molecular complexity index is 3720. The van der Waals surface area contributed by atoms with E-state index in [1.54, 1.807) is 0 Å². The molecule has 13 rings (SSSR count). The van der Waals surface area contributed by atoms with Gasteiger partial charge in [0.2, 0.25) is 0 Å². The molecule has 12 aromatic carbocycles. The van der Waals surface area contributed by atoms with Gasteiger partial charge < -0.3 is 9.31 Å². The Balaban J connectivity index is 0.000000129. The predicted molar refractivity (Wildman–Crippen MR) is 302 cm³/mol. The van der Waals surface area contributed by atoms with Crippen molar-refractivity contribution < 1.29 is 9.31 Å². The van der Waals surface area contributed by atoms with Crippen LogP contribution in [0.1, 0.15) is 27.7 Å². The zero-order chi connectivity index (χ0) is 46.7. The molecule has 1 heterocycles. The Kier molecular flexibility index (Phi) is 11.8. The van der Waals surface area contributed by atoms with E-state index in [4.69, 9.17) is 9.31 Å². The lowest BCUT2D eigenvalue weighted by molar-refractivity contribution is 0.00578. The van der Waals surface area contributed by atoms with E-state index in [1.165, 1.54) is 98.0 Å². The van der Waals surface area contributed by atoms with Gasteiger partial charge in [-0.25, -0.2) is 0 Å². The number of hydrogen-bond donors (Lipinski definition) is 0.